The number of hydrogen-bond donors (Lipinski definition) is 1. The molecule has 1 saturated carbocycles. The van der Waals surface area contributed by atoms with Crippen molar-refractivity contribution in [1.82, 2.24) is 0 Å². The normalized spacial score (nSPS) is 46.6. The van der Waals surface area contributed by atoms with Crippen LogP contribution in [0.2, 0.25) is 0 Å². The summed E-state index contributed by atoms with van der Waals surface area (Å²) in [5.74, 6) is -0.518. The van der Waals surface area contributed by atoms with Crippen LogP contribution in [0.5, 0.6) is 0 Å². The summed E-state index contributed by atoms with van der Waals surface area (Å²) in [6, 6.07) is 0. The lowest BCUT2D eigenvalue weighted by Crippen LogP contribution is -2.61. The van der Waals surface area contributed by atoms with Crippen LogP contribution in [0.3, 0.4) is 0 Å². The molecule has 1 atom stereocenters. The average molecular weight is 198 g/mol. The van der Waals surface area contributed by atoms with Gasteiger partial charge in [-0.15, -0.1) is 6.58 Å². The highest BCUT2D eigenvalue weighted by Crippen LogP contribution is 2.56. The van der Waals surface area contributed by atoms with E-state index in [-0.39, 0.29) is 18.3 Å². The third-order valence-electron chi connectivity index (χ3n) is 3.52. The molecule has 80 valence electrons. The number of allylic oxidation sites excluding steroid dienone is 1. The highest BCUT2D eigenvalue weighted by molar-refractivity contribution is 5.05. The van der Waals surface area contributed by atoms with Crippen LogP contribution in [0, 0.1) is 5.41 Å². The van der Waals surface area contributed by atoms with Crippen LogP contribution in [0.25, 0.3) is 0 Å². The Labute approximate surface area is 84.7 Å². The van der Waals surface area contributed by atoms with E-state index in [1.807, 2.05) is 13.0 Å². The van der Waals surface area contributed by atoms with E-state index < -0.39 is 5.79 Å². The van der Waals surface area contributed by atoms with Crippen LogP contribution in [0.1, 0.15) is 32.6 Å². The maximum Gasteiger partial charge on any atom is 0.182 e. The van der Waals surface area contributed by atoms with Gasteiger partial charge in [0, 0.05) is 6.42 Å². The molecule has 0 aromatic carbocycles. The lowest BCUT2D eigenvalue weighted by atomic mass is 9.78. The lowest BCUT2D eigenvalue weighted by Gasteiger charge is -2.53. The standard InChI is InChI=1S/C11H18O3/c1-3-5-10(8-12)6-4-7-11(10)13-9(2)14-11/h3,9,12H,1,4-8H2,2H3. The molecule has 1 aliphatic heterocycles. The summed E-state index contributed by atoms with van der Waals surface area (Å²) in [4.78, 5) is 0. The summed E-state index contributed by atoms with van der Waals surface area (Å²) in [5.41, 5.74) is -0.249. The van der Waals surface area contributed by atoms with E-state index in [0.717, 1.165) is 25.7 Å². The Morgan fingerprint density at radius 2 is 2.21 bits per heavy atom. The highest BCUT2D eigenvalue weighted by atomic mass is 16.9. The minimum absolute atomic E-state index is 0.117. The maximum atomic E-state index is 9.53. The first kappa shape index (κ1) is 10.1. The van der Waals surface area contributed by atoms with Gasteiger partial charge in [-0.2, -0.15) is 0 Å². The molecule has 0 radical (unpaired) electrons. The van der Waals surface area contributed by atoms with Gasteiger partial charge in [-0.3, -0.25) is 0 Å². The smallest absolute Gasteiger partial charge is 0.182 e. The molecule has 3 nitrogen and oxygen atoms in total. The fourth-order valence-electron chi connectivity index (χ4n) is 2.83. The van der Waals surface area contributed by atoms with Crippen molar-refractivity contribution in [3.05, 3.63) is 12.7 Å². The average Bonchev–Trinajstić information content (AvgIpc) is 2.46. The molecule has 1 saturated heterocycles. The van der Waals surface area contributed by atoms with E-state index >= 15 is 0 Å². The molecule has 0 aromatic heterocycles. The highest BCUT2D eigenvalue weighted by Gasteiger charge is 2.62. The second-order valence-corrected chi connectivity index (χ2v) is 4.34. The number of hydrogen-bond acceptors (Lipinski definition) is 3. The van der Waals surface area contributed by atoms with Gasteiger partial charge < -0.3 is 14.6 Å². The largest absolute Gasteiger partial charge is 0.396 e. The molecule has 1 unspecified atom stereocenters. The van der Waals surface area contributed by atoms with Crippen molar-refractivity contribution in [2.45, 2.75) is 44.7 Å². The predicted octanol–water partition coefficient (Wildman–Crippen LogP) is 1.81. The second-order valence-electron chi connectivity index (χ2n) is 4.34. The van der Waals surface area contributed by atoms with E-state index in [1.54, 1.807) is 0 Å². The minimum atomic E-state index is -0.518. The first-order chi connectivity index (χ1) is 6.68. The van der Waals surface area contributed by atoms with Crippen molar-refractivity contribution < 1.29 is 14.6 Å². The van der Waals surface area contributed by atoms with Crippen molar-refractivity contribution in [2.24, 2.45) is 5.41 Å². The summed E-state index contributed by atoms with van der Waals surface area (Å²) >= 11 is 0. The molecule has 2 aliphatic rings. The van der Waals surface area contributed by atoms with Crippen molar-refractivity contribution in [1.29, 1.82) is 0 Å². The zero-order valence-corrected chi connectivity index (χ0v) is 8.66. The van der Waals surface area contributed by atoms with E-state index in [4.69, 9.17) is 9.47 Å². The molecule has 0 aromatic rings. The Balaban J connectivity index is 2.19. The fraction of sp³-hybridized carbons (Fsp3) is 0.818. The van der Waals surface area contributed by atoms with Gasteiger partial charge in [0.15, 0.2) is 12.1 Å². The molecule has 2 rings (SSSR count). The zero-order chi connectivity index (χ0) is 10.2. The van der Waals surface area contributed by atoms with Crippen LogP contribution in [0.4, 0.5) is 0 Å². The van der Waals surface area contributed by atoms with Crippen LogP contribution in [-0.4, -0.2) is 23.8 Å². The van der Waals surface area contributed by atoms with Crippen LogP contribution >= 0.6 is 0 Å². The lowest BCUT2D eigenvalue weighted by molar-refractivity contribution is -0.476. The number of aliphatic hydroxyl groups excluding tert-OH is 1. The molecule has 1 aliphatic carbocycles. The Bertz CT molecular complexity index is 233. The molecule has 2 fully saturated rings. The Morgan fingerprint density at radius 3 is 2.71 bits per heavy atom. The summed E-state index contributed by atoms with van der Waals surface area (Å²) in [6.07, 6.45) is 5.40. The number of aliphatic hydroxyl groups is 1. The number of ether oxygens (including phenoxy) is 2. The SMILES string of the molecule is C=CCC1(CO)CCCC12OC(C)O2. The quantitative estimate of drug-likeness (QED) is 0.703. The Kier molecular flexibility index (Phi) is 2.41. The van der Waals surface area contributed by atoms with Gasteiger partial charge >= 0.3 is 0 Å². The molecule has 3 heteroatoms. The third kappa shape index (κ3) is 1.16. The molecule has 1 spiro atoms. The first-order valence-electron chi connectivity index (χ1n) is 5.25. The Hall–Kier alpha value is -0.380. The van der Waals surface area contributed by atoms with Crippen molar-refractivity contribution >= 4 is 0 Å². The summed E-state index contributed by atoms with van der Waals surface area (Å²) in [5, 5.41) is 9.53. The van der Waals surface area contributed by atoms with E-state index in [9.17, 15) is 5.11 Å². The number of rotatable bonds is 3. The summed E-state index contributed by atoms with van der Waals surface area (Å²) < 4.78 is 11.4. The van der Waals surface area contributed by atoms with Gasteiger partial charge in [0.05, 0.1) is 12.0 Å². The van der Waals surface area contributed by atoms with E-state index in [2.05, 4.69) is 6.58 Å². The first-order valence-corrected chi connectivity index (χ1v) is 5.25. The van der Waals surface area contributed by atoms with Crippen molar-refractivity contribution in [3.8, 4) is 0 Å². The Morgan fingerprint density at radius 1 is 1.50 bits per heavy atom. The topological polar surface area (TPSA) is 38.7 Å². The van der Waals surface area contributed by atoms with E-state index in [0.29, 0.717) is 0 Å². The minimum Gasteiger partial charge on any atom is -0.396 e. The van der Waals surface area contributed by atoms with Crippen molar-refractivity contribution in [2.75, 3.05) is 6.61 Å². The van der Waals surface area contributed by atoms with Gasteiger partial charge in [-0.05, 0) is 26.2 Å². The van der Waals surface area contributed by atoms with Crippen LogP contribution < -0.4 is 0 Å². The monoisotopic (exact) mass is 198 g/mol. The molecular formula is C11H18O3. The van der Waals surface area contributed by atoms with Gasteiger partial charge in [-0.1, -0.05) is 6.08 Å². The third-order valence-corrected chi connectivity index (χ3v) is 3.52. The predicted molar refractivity (Wildman–Crippen MR) is 52.5 cm³/mol. The van der Waals surface area contributed by atoms with Gasteiger partial charge in [-0.25, -0.2) is 0 Å². The second kappa shape index (κ2) is 3.33. The molecule has 0 bridgehead atoms. The summed E-state index contributed by atoms with van der Waals surface area (Å²) in [7, 11) is 0. The van der Waals surface area contributed by atoms with Crippen LogP contribution in [0.15, 0.2) is 12.7 Å². The molecule has 14 heavy (non-hydrogen) atoms. The van der Waals surface area contributed by atoms with Gasteiger partial charge in [0.25, 0.3) is 0 Å². The molecular weight excluding hydrogens is 180 g/mol. The fourth-order valence-corrected chi connectivity index (χ4v) is 2.83. The van der Waals surface area contributed by atoms with Gasteiger partial charge in [0.1, 0.15) is 0 Å². The molecule has 0 amide bonds. The van der Waals surface area contributed by atoms with Crippen molar-refractivity contribution in [3.63, 3.8) is 0 Å². The molecule has 1 N–H and O–H groups in total. The van der Waals surface area contributed by atoms with Crippen LogP contribution in [-0.2, 0) is 9.47 Å². The zero-order valence-electron chi connectivity index (χ0n) is 8.66. The molecule has 1 heterocycles. The maximum absolute atomic E-state index is 9.53. The van der Waals surface area contributed by atoms with E-state index in [1.165, 1.54) is 0 Å². The van der Waals surface area contributed by atoms with Gasteiger partial charge in [0.2, 0.25) is 0 Å². The summed E-state index contributed by atoms with van der Waals surface area (Å²) in [6.45, 7) is 5.74.